The second-order valence-corrected chi connectivity index (χ2v) is 6.28. The van der Waals surface area contributed by atoms with Gasteiger partial charge in [-0.1, -0.05) is 24.3 Å². The van der Waals surface area contributed by atoms with Crippen molar-refractivity contribution in [2.24, 2.45) is 0 Å². The average Bonchev–Trinajstić information content (AvgIpc) is 3.17. The van der Waals surface area contributed by atoms with Crippen LogP contribution >= 0.6 is 0 Å². The molecule has 11 heteroatoms. The summed E-state index contributed by atoms with van der Waals surface area (Å²) < 4.78 is 85.3. The molecule has 3 aromatic rings. The number of hydrogen-bond donors (Lipinski definition) is 1. The summed E-state index contributed by atoms with van der Waals surface area (Å²) in [6.07, 6.45) is -9.13. The number of amides is 1. The smallest absolute Gasteiger partial charge is 0.434 e. The van der Waals surface area contributed by atoms with Crippen LogP contribution in [0, 0.1) is 0 Å². The molecular weight excluding hydrogens is 428 g/mol. The normalized spacial score (nSPS) is 11.9. The Labute approximate surface area is 172 Å². The van der Waals surface area contributed by atoms with E-state index >= 15 is 0 Å². The van der Waals surface area contributed by atoms with E-state index in [1.165, 1.54) is 0 Å². The summed E-state index contributed by atoms with van der Waals surface area (Å²) in [5, 5.41) is 5.80. The summed E-state index contributed by atoms with van der Waals surface area (Å²) in [4.78, 5) is 12.3. The van der Waals surface area contributed by atoms with Crippen LogP contribution in [0.2, 0.25) is 0 Å². The number of benzene rings is 2. The van der Waals surface area contributed by atoms with E-state index in [0.717, 1.165) is 18.2 Å². The zero-order valence-corrected chi connectivity index (χ0v) is 15.7. The minimum absolute atomic E-state index is 0.00112. The minimum atomic E-state index is -5.04. The maximum atomic E-state index is 13.6. The maximum absolute atomic E-state index is 13.6. The monoisotopic (exact) mass is 443 g/mol. The van der Waals surface area contributed by atoms with Gasteiger partial charge < -0.3 is 10.1 Å². The van der Waals surface area contributed by atoms with Crippen LogP contribution in [-0.4, -0.2) is 28.8 Å². The molecule has 1 aromatic heterocycles. The molecule has 0 aliphatic heterocycles. The van der Waals surface area contributed by atoms with Gasteiger partial charge in [-0.3, -0.25) is 4.79 Å². The quantitative estimate of drug-likeness (QED) is 0.443. The number of rotatable bonds is 6. The van der Waals surface area contributed by atoms with Crippen molar-refractivity contribution in [3.05, 3.63) is 77.6 Å². The van der Waals surface area contributed by atoms with Gasteiger partial charge in [0.15, 0.2) is 5.69 Å². The molecular formula is C20H15F6N3O2. The molecule has 0 aliphatic carbocycles. The molecule has 0 bridgehead atoms. The number of aromatic nitrogens is 2. The van der Waals surface area contributed by atoms with Crippen molar-refractivity contribution in [2.45, 2.75) is 12.4 Å². The largest absolute Gasteiger partial charge is 0.492 e. The molecule has 0 saturated carbocycles. The highest BCUT2D eigenvalue weighted by atomic mass is 19.4. The Balaban J connectivity index is 1.80. The van der Waals surface area contributed by atoms with Gasteiger partial charge in [-0.25, -0.2) is 4.68 Å². The molecule has 0 fully saturated rings. The molecule has 0 atom stereocenters. The highest BCUT2D eigenvalue weighted by Crippen LogP contribution is 2.35. The molecule has 164 valence electrons. The van der Waals surface area contributed by atoms with E-state index in [1.807, 2.05) is 0 Å². The maximum Gasteiger partial charge on any atom is 0.434 e. The summed E-state index contributed by atoms with van der Waals surface area (Å²) in [5.74, 6) is -0.563. The molecule has 0 saturated heterocycles. The lowest BCUT2D eigenvalue weighted by atomic mass is 10.1. The lowest BCUT2D eigenvalue weighted by molar-refractivity contribution is -0.143. The van der Waals surface area contributed by atoms with Gasteiger partial charge in [0.25, 0.3) is 5.91 Å². The fraction of sp³-hybridized carbons (Fsp3) is 0.200. The Bertz CT molecular complexity index is 1050. The first kappa shape index (κ1) is 22.2. The van der Waals surface area contributed by atoms with Crippen molar-refractivity contribution >= 4 is 5.91 Å². The Kier molecular flexibility index (Phi) is 6.23. The van der Waals surface area contributed by atoms with Crippen LogP contribution < -0.4 is 10.1 Å². The van der Waals surface area contributed by atoms with Gasteiger partial charge in [-0.2, -0.15) is 31.4 Å². The lowest BCUT2D eigenvalue weighted by Gasteiger charge is -2.14. The Morgan fingerprint density at radius 2 is 1.68 bits per heavy atom. The molecule has 0 radical (unpaired) electrons. The summed E-state index contributed by atoms with van der Waals surface area (Å²) in [6, 6.07) is 11.8. The number of alkyl halides is 6. The first-order chi connectivity index (χ1) is 14.6. The second kappa shape index (κ2) is 8.70. The zero-order chi connectivity index (χ0) is 22.6. The van der Waals surface area contributed by atoms with Crippen molar-refractivity contribution in [3.63, 3.8) is 0 Å². The van der Waals surface area contributed by atoms with E-state index < -0.39 is 40.8 Å². The van der Waals surface area contributed by atoms with Crippen LogP contribution in [0.3, 0.4) is 0 Å². The highest BCUT2D eigenvalue weighted by molar-refractivity contribution is 5.95. The molecule has 1 N–H and O–H groups in total. The summed E-state index contributed by atoms with van der Waals surface area (Å²) >= 11 is 0. The Hall–Kier alpha value is -3.50. The number of nitrogens with zero attached hydrogens (tertiary/aromatic N) is 2. The van der Waals surface area contributed by atoms with E-state index in [1.54, 1.807) is 30.3 Å². The Morgan fingerprint density at radius 3 is 2.32 bits per heavy atom. The van der Waals surface area contributed by atoms with Gasteiger partial charge in [0, 0.05) is 0 Å². The zero-order valence-electron chi connectivity index (χ0n) is 15.7. The number of para-hydroxylation sites is 1. The topological polar surface area (TPSA) is 56.1 Å². The van der Waals surface area contributed by atoms with Gasteiger partial charge in [-0.05, 0) is 30.3 Å². The van der Waals surface area contributed by atoms with Crippen LogP contribution in [0.5, 0.6) is 5.75 Å². The van der Waals surface area contributed by atoms with Crippen LogP contribution in [0.25, 0.3) is 5.69 Å². The number of hydrogen-bond acceptors (Lipinski definition) is 3. The van der Waals surface area contributed by atoms with Crippen LogP contribution in [0.1, 0.15) is 21.6 Å². The van der Waals surface area contributed by atoms with Crippen molar-refractivity contribution < 1.29 is 35.9 Å². The van der Waals surface area contributed by atoms with Crippen molar-refractivity contribution in [1.29, 1.82) is 0 Å². The number of halogens is 6. The molecule has 3 rings (SSSR count). The van der Waals surface area contributed by atoms with Gasteiger partial charge in [-0.15, -0.1) is 0 Å². The number of ether oxygens (including phenoxy) is 1. The van der Waals surface area contributed by atoms with Crippen molar-refractivity contribution in [2.75, 3.05) is 13.2 Å². The van der Waals surface area contributed by atoms with Gasteiger partial charge in [0.05, 0.1) is 29.6 Å². The molecule has 2 aromatic carbocycles. The van der Waals surface area contributed by atoms with E-state index in [0.29, 0.717) is 18.0 Å². The minimum Gasteiger partial charge on any atom is -0.492 e. The van der Waals surface area contributed by atoms with Gasteiger partial charge in [0.2, 0.25) is 0 Å². The third kappa shape index (κ3) is 5.36. The number of carbonyl (C=O) groups is 1. The third-order valence-corrected chi connectivity index (χ3v) is 4.10. The van der Waals surface area contributed by atoms with Crippen LogP contribution in [0.15, 0.2) is 60.8 Å². The standard InChI is InChI=1S/C20H15F6N3O2/c21-19(22,23)13-5-4-6-14(11-13)29-17(20(24,25)26)16(12-28-29)18(30)27-9-10-31-15-7-2-1-3-8-15/h1-8,11-12H,9-10H2,(H,27,30). The van der Waals surface area contributed by atoms with Gasteiger partial charge in [0.1, 0.15) is 12.4 Å². The molecule has 0 unspecified atom stereocenters. The lowest BCUT2D eigenvalue weighted by Crippen LogP contribution is -2.30. The van der Waals surface area contributed by atoms with E-state index in [9.17, 15) is 31.1 Å². The molecule has 0 spiro atoms. The summed E-state index contributed by atoms with van der Waals surface area (Å²) in [6.45, 7) is -0.0986. The first-order valence-electron chi connectivity index (χ1n) is 8.86. The summed E-state index contributed by atoms with van der Waals surface area (Å²) in [7, 11) is 0. The predicted molar refractivity (Wildman–Crippen MR) is 97.8 cm³/mol. The first-order valence-corrected chi connectivity index (χ1v) is 8.86. The fourth-order valence-corrected chi connectivity index (χ4v) is 2.74. The molecule has 1 amide bonds. The van der Waals surface area contributed by atoms with Gasteiger partial charge >= 0.3 is 12.4 Å². The fourth-order valence-electron chi connectivity index (χ4n) is 2.74. The predicted octanol–water partition coefficient (Wildman–Crippen LogP) is 4.72. The molecule has 1 heterocycles. The Morgan fingerprint density at radius 1 is 0.968 bits per heavy atom. The molecule has 31 heavy (non-hydrogen) atoms. The average molecular weight is 443 g/mol. The van der Waals surface area contributed by atoms with Crippen LogP contribution in [-0.2, 0) is 12.4 Å². The van der Waals surface area contributed by atoms with Crippen LogP contribution in [0.4, 0.5) is 26.3 Å². The SMILES string of the molecule is O=C(NCCOc1ccccc1)c1cnn(-c2cccc(C(F)(F)F)c2)c1C(F)(F)F. The molecule has 0 aliphatic rings. The van der Waals surface area contributed by atoms with E-state index in [-0.39, 0.29) is 17.8 Å². The van der Waals surface area contributed by atoms with Crippen molar-refractivity contribution in [3.8, 4) is 11.4 Å². The second-order valence-electron chi connectivity index (χ2n) is 6.28. The number of nitrogens with one attached hydrogen (secondary N) is 1. The molecule has 5 nitrogen and oxygen atoms in total. The van der Waals surface area contributed by atoms with E-state index in [2.05, 4.69) is 10.4 Å². The third-order valence-electron chi connectivity index (χ3n) is 4.10. The highest BCUT2D eigenvalue weighted by Gasteiger charge is 2.41. The van der Waals surface area contributed by atoms with Crippen molar-refractivity contribution in [1.82, 2.24) is 15.1 Å². The number of carbonyl (C=O) groups excluding carboxylic acids is 1. The summed E-state index contributed by atoms with van der Waals surface area (Å²) in [5.41, 5.74) is -3.91. The van der Waals surface area contributed by atoms with E-state index in [4.69, 9.17) is 4.74 Å².